The van der Waals surface area contributed by atoms with Gasteiger partial charge >= 0.3 is 0 Å². The quantitative estimate of drug-likeness (QED) is 0.557. The fourth-order valence-electron chi connectivity index (χ4n) is 3.90. The lowest BCUT2D eigenvalue weighted by atomic mass is 9.86. The summed E-state index contributed by atoms with van der Waals surface area (Å²) in [4.78, 5) is 4.98. The molecule has 0 N–H and O–H groups in total. The lowest BCUT2D eigenvalue weighted by Crippen LogP contribution is -2.11. The first-order chi connectivity index (χ1) is 11.5. The first-order valence-electron chi connectivity index (χ1n) is 9.12. The van der Waals surface area contributed by atoms with Crippen molar-refractivity contribution in [2.24, 2.45) is 0 Å². The lowest BCUT2D eigenvalue weighted by molar-refractivity contribution is 0.537. The average molecular weight is 318 g/mol. The van der Waals surface area contributed by atoms with E-state index in [1.807, 2.05) is 0 Å². The molecule has 24 heavy (non-hydrogen) atoms. The SMILES string of the molecule is CC(C)(C)c1ccc(-c2nc3ccccc3n2C2CCCC2)cc1. The van der Waals surface area contributed by atoms with Crippen LogP contribution in [0.2, 0.25) is 0 Å². The molecule has 1 aromatic heterocycles. The zero-order chi connectivity index (χ0) is 16.7. The van der Waals surface area contributed by atoms with Crippen LogP contribution < -0.4 is 0 Å². The Morgan fingerprint density at radius 1 is 0.917 bits per heavy atom. The summed E-state index contributed by atoms with van der Waals surface area (Å²) in [7, 11) is 0. The minimum absolute atomic E-state index is 0.185. The molecular formula is C22H26N2. The third-order valence-corrected chi connectivity index (χ3v) is 5.29. The molecule has 124 valence electrons. The van der Waals surface area contributed by atoms with Crippen LogP contribution in [-0.2, 0) is 5.41 Å². The zero-order valence-corrected chi connectivity index (χ0v) is 14.9. The van der Waals surface area contributed by atoms with Gasteiger partial charge in [-0.3, -0.25) is 0 Å². The molecule has 1 heterocycles. The molecule has 0 saturated heterocycles. The van der Waals surface area contributed by atoms with Gasteiger partial charge in [-0.1, -0.05) is 70.0 Å². The normalized spacial score (nSPS) is 16.1. The third kappa shape index (κ3) is 2.64. The maximum Gasteiger partial charge on any atom is 0.141 e. The molecule has 1 fully saturated rings. The number of nitrogens with zero attached hydrogens (tertiary/aromatic N) is 2. The summed E-state index contributed by atoms with van der Waals surface area (Å²) in [5, 5.41) is 0. The first kappa shape index (κ1) is 15.4. The van der Waals surface area contributed by atoms with Crippen molar-refractivity contribution in [3.63, 3.8) is 0 Å². The molecule has 2 heteroatoms. The highest BCUT2D eigenvalue weighted by Gasteiger charge is 2.23. The molecule has 1 aliphatic rings. The van der Waals surface area contributed by atoms with Crippen LogP contribution in [0.25, 0.3) is 22.4 Å². The van der Waals surface area contributed by atoms with Crippen molar-refractivity contribution in [3.05, 3.63) is 54.1 Å². The van der Waals surface area contributed by atoms with Crippen LogP contribution in [-0.4, -0.2) is 9.55 Å². The highest BCUT2D eigenvalue weighted by atomic mass is 15.1. The first-order valence-corrected chi connectivity index (χ1v) is 9.12. The molecule has 0 atom stereocenters. The predicted octanol–water partition coefficient (Wildman–Crippen LogP) is 6.12. The van der Waals surface area contributed by atoms with Crippen molar-refractivity contribution in [3.8, 4) is 11.4 Å². The maximum absolute atomic E-state index is 4.98. The van der Waals surface area contributed by atoms with Crippen molar-refractivity contribution in [2.45, 2.75) is 57.9 Å². The van der Waals surface area contributed by atoms with Crippen LogP contribution in [0, 0.1) is 0 Å². The van der Waals surface area contributed by atoms with Crippen LogP contribution in [0.4, 0.5) is 0 Å². The Morgan fingerprint density at radius 3 is 2.25 bits per heavy atom. The fraction of sp³-hybridized carbons (Fsp3) is 0.409. The number of benzene rings is 2. The van der Waals surface area contributed by atoms with Crippen molar-refractivity contribution in [1.82, 2.24) is 9.55 Å². The van der Waals surface area contributed by atoms with Crippen molar-refractivity contribution >= 4 is 11.0 Å². The largest absolute Gasteiger partial charge is 0.321 e. The molecule has 1 aliphatic carbocycles. The molecule has 0 bridgehead atoms. The molecular weight excluding hydrogens is 292 g/mol. The Morgan fingerprint density at radius 2 is 1.58 bits per heavy atom. The average Bonchev–Trinajstić information content (AvgIpc) is 3.21. The summed E-state index contributed by atoms with van der Waals surface area (Å²) in [6, 6.07) is 18.2. The van der Waals surface area contributed by atoms with E-state index in [4.69, 9.17) is 4.98 Å². The number of rotatable bonds is 2. The highest BCUT2D eigenvalue weighted by Crippen LogP contribution is 2.37. The van der Waals surface area contributed by atoms with Gasteiger partial charge < -0.3 is 4.57 Å². The number of para-hydroxylation sites is 2. The summed E-state index contributed by atoms with van der Waals surface area (Å²) < 4.78 is 2.49. The van der Waals surface area contributed by atoms with Gasteiger partial charge in [-0.2, -0.15) is 0 Å². The van der Waals surface area contributed by atoms with E-state index in [0.717, 1.165) is 11.3 Å². The van der Waals surface area contributed by atoms with E-state index >= 15 is 0 Å². The molecule has 0 spiro atoms. The van der Waals surface area contributed by atoms with Gasteiger partial charge in [-0.05, 0) is 36.0 Å². The summed E-state index contributed by atoms with van der Waals surface area (Å²) in [5.74, 6) is 1.13. The van der Waals surface area contributed by atoms with Crippen LogP contribution in [0.5, 0.6) is 0 Å². The van der Waals surface area contributed by atoms with Crippen molar-refractivity contribution < 1.29 is 0 Å². The minimum Gasteiger partial charge on any atom is -0.321 e. The molecule has 0 amide bonds. The van der Waals surface area contributed by atoms with Crippen LogP contribution >= 0.6 is 0 Å². The van der Waals surface area contributed by atoms with Gasteiger partial charge in [-0.15, -0.1) is 0 Å². The summed E-state index contributed by atoms with van der Waals surface area (Å²) in [6.45, 7) is 6.78. The van der Waals surface area contributed by atoms with Gasteiger partial charge in [0.15, 0.2) is 0 Å². The zero-order valence-electron chi connectivity index (χ0n) is 14.9. The second kappa shape index (κ2) is 5.77. The molecule has 2 aromatic carbocycles. The summed E-state index contributed by atoms with van der Waals surface area (Å²) >= 11 is 0. The second-order valence-corrected chi connectivity index (χ2v) is 8.06. The Kier molecular flexibility index (Phi) is 3.71. The Balaban J connectivity index is 1.85. The topological polar surface area (TPSA) is 17.8 Å². The monoisotopic (exact) mass is 318 g/mol. The van der Waals surface area contributed by atoms with Gasteiger partial charge in [0, 0.05) is 11.6 Å². The number of imidazole rings is 1. The molecule has 0 aliphatic heterocycles. The molecule has 0 unspecified atom stereocenters. The van der Waals surface area contributed by atoms with E-state index in [9.17, 15) is 0 Å². The number of aromatic nitrogens is 2. The van der Waals surface area contributed by atoms with Gasteiger partial charge in [0.05, 0.1) is 11.0 Å². The number of hydrogen-bond acceptors (Lipinski definition) is 1. The molecule has 2 nitrogen and oxygen atoms in total. The van der Waals surface area contributed by atoms with Crippen LogP contribution in [0.1, 0.15) is 58.1 Å². The smallest absolute Gasteiger partial charge is 0.141 e. The summed E-state index contributed by atoms with van der Waals surface area (Å²) in [5.41, 5.74) is 5.17. The maximum atomic E-state index is 4.98. The second-order valence-electron chi connectivity index (χ2n) is 8.06. The minimum atomic E-state index is 0.185. The lowest BCUT2D eigenvalue weighted by Gasteiger charge is -2.20. The molecule has 4 rings (SSSR count). The van der Waals surface area contributed by atoms with Crippen LogP contribution in [0.3, 0.4) is 0 Å². The summed E-state index contributed by atoms with van der Waals surface area (Å²) in [6.07, 6.45) is 5.21. The van der Waals surface area contributed by atoms with E-state index in [2.05, 4.69) is 73.9 Å². The number of fused-ring (bicyclic) bond motifs is 1. The molecule has 3 aromatic rings. The van der Waals surface area contributed by atoms with Crippen molar-refractivity contribution in [2.75, 3.05) is 0 Å². The molecule has 0 radical (unpaired) electrons. The highest BCUT2D eigenvalue weighted by molar-refractivity contribution is 5.81. The van der Waals surface area contributed by atoms with Gasteiger partial charge in [0.1, 0.15) is 5.82 Å². The van der Waals surface area contributed by atoms with Gasteiger partial charge in [0.25, 0.3) is 0 Å². The van der Waals surface area contributed by atoms with E-state index < -0.39 is 0 Å². The van der Waals surface area contributed by atoms with E-state index in [-0.39, 0.29) is 5.41 Å². The van der Waals surface area contributed by atoms with Gasteiger partial charge in [0.2, 0.25) is 0 Å². The van der Waals surface area contributed by atoms with E-state index in [1.54, 1.807) is 0 Å². The Bertz CT molecular complexity index is 844. The van der Waals surface area contributed by atoms with Crippen molar-refractivity contribution in [1.29, 1.82) is 0 Å². The molecule has 1 saturated carbocycles. The number of hydrogen-bond donors (Lipinski definition) is 0. The fourth-order valence-corrected chi connectivity index (χ4v) is 3.90. The van der Waals surface area contributed by atoms with Gasteiger partial charge in [-0.25, -0.2) is 4.98 Å². The predicted molar refractivity (Wildman–Crippen MR) is 101 cm³/mol. The van der Waals surface area contributed by atoms with E-state index in [0.29, 0.717) is 6.04 Å². The Labute approximate surface area is 144 Å². The Hall–Kier alpha value is -2.09. The standard InChI is InChI=1S/C22H26N2/c1-22(2,3)17-14-12-16(13-15-17)21-23-19-10-6-7-11-20(19)24(21)18-8-4-5-9-18/h6-7,10-15,18H,4-5,8-9H2,1-3H3. The van der Waals surface area contributed by atoms with E-state index in [1.165, 1.54) is 42.3 Å². The third-order valence-electron chi connectivity index (χ3n) is 5.29. The van der Waals surface area contributed by atoms with Crippen LogP contribution in [0.15, 0.2) is 48.5 Å².